The summed E-state index contributed by atoms with van der Waals surface area (Å²) in [5.41, 5.74) is 2.47. The first kappa shape index (κ1) is 21.0. The van der Waals surface area contributed by atoms with Crippen molar-refractivity contribution in [2.24, 2.45) is 14.1 Å². The first-order chi connectivity index (χ1) is 15.4. The molecule has 1 aromatic carbocycles. The SMILES string of the molecule is CCOc1cccc(-c2c3c(=O)n(C)c(=O)n(C)c3c3n2CCS[C@H]3c2ccc(Cl)o2)c1. The first-order valence-corrected chi connectivity index (χ1v) is 11.8. The fourth-order valence-corrected chi connectivity index (χ4v) is 5.83. The van der Waals surface area contributed by atoms with Crippen LogP contribution in [-0.2, 0) is 20.6 Å². The highest BCUT2D eigenvalue weighted by molar-refractivity contribution is 7.99. The molecule has 7 nitrogen and oxygen atoms in total. The molecule has 166 valence electrons. The van der Waals surface area contributed by atoms with E-state index in [0.29, 0.717) is 35.0 Å². The van der Waals surface area contributed by atoms with Gasteiger partial charge in [0, 0.05) is 32.0 Å². The topological polar surface area (TPSA) is 71.3 Å². The maximum Gasteiger partial charge on any atom is 0.331 e. The Labute approximate surface area is 193 Å². The molecule has 1 aliphatic heterocycles. The minimum Gasteiger partial charge on any atom is -0.494 e. The van der Waals surface area contributed by atoms with E-state index < -0.39 is 0 Å². The van der Waals surface area contributed by atoms with Gasteiger partial charge < -0.3 is 13.7 Å². The average Bonchev–Trinajstić information content (AvgIpc) is 3.38. The van der Waals surface area contributed by atoms with Crippen molar-refractivity contribution in [1.82, 2.24) is 13.7 Å². The standard InChI is InChI=1S/C23H22ClN3O4S/c1-4-30-14-7-5-6-13(12-14)18-17-19(25(2)23(29)26(3)22(17)28)20-21(32-11-10-27(18)20)15-8-9-16(24)31-15/h5-9,12,21H,4,10-11H2,1-3H3/t21-/m0/s1. The molecule has 5 rings (SSSR count). The zero-order valence-electron chi connectivity index (χ0n) is 17.9. The largest absolute Gasteiger partial charge is 0.494 e. The van der Waals surface area contributed by atoms with E-state index in [4.69, 9.17) is 20.8 Å². The van der Waals surface area contributed by atoms with Crippen LogP contribution in [0.1, 0.15) is 23.6 Å². The van der Waals surface area contributed by atoms with Gasteiger partial charge in [0.15, 0.2) is 5.22 Å². The highest BCUT2D eigenvalue weighted by Gasteiger charge is 2.34. The van der Waals surface area contributed by atoms with Gasteiger partial charge in [-0.25, -0.2) is 4.79 Å². The third-order valence-corrected chi connectivity index (χ3v) is 7.23. The number of ether oxygens (including phenoxy) is 1. The molecule has 4 heterocycles. The van der Waals surface area contributed by atoms with Crippen LogP contribution < -0.4 is 16.0 Å². The smallest absolute Gasteiger partial charge is 0.331 e. The second kappa shape index (κ2) is 7.94. The Kier molecular flexibility index (Phi) is 5.22. The summed E-state index contributed by atoms with van der Waals surface area (Å²) in [5.74, 6) is 2.25. The fraction of sp³-hybridized carbons (Fsp3) is 0.304. The maximum atomic E-state index is 13.4. The molecule has 4 aromatic rings. The zero-order valence-corrected chi connectivity index (χ0v) is 19.5. The summed E-state index contributed by atoms with van der Waals surface area (Å²) >= 11 is 7.78. The van der Waals surface area contributed by atoms with E-state index in [0.717, 1.165) is 33.0 Å². The molecule has 0 amide bonds. The molecule has 0 N–H and O–H groups in total. The second-order valence-corrected chi connectivity index (χ2v) is 9.25. The quantitative estimate of drug-likeness (QED) is 0.446. The fourth-order valence-electron chi connectivity index (χ4n) is 4.47. The van der Waals surface area contributed by atoms with Gasteiger partial charge in [0.1, 0.15) is 16.8 Å². The Morgan fingerprint density at radius 1 is 1.19 bits per heavy atom. The van der Waals surface area contributed by atoms with Gasteiger partial charge in [0.05, 0.1) is 28.9 Å². The van der Waals surface area contributed by atoms with Crippen molar-refractivity contribution in [1.29, 1.82) is 0 Å². The van der Waals surface area contributed by atoms with Gasteiger partial charge in [-0.05, 0) is 42.8 Å². The summed E-state index contributed by atoms with van der Waals surface area (Å²) < 4.78 is 16.3. The van der Waals surface area contributed by atoms with Gasteiger partial charge in [-0.2, -0.15) is 0 Å². The second-order valence-electron chi connectivity index (χ2n) is 7.67. The molecule has 0 saturated carbocycles. The molecular weight excluding hydrogens is 450 g/mol. The van der Waals surface area contributed by atoms with Crippen molar-refractivity contribution >= 4 is 34.3 Å². The number of halogens is 1. The van der Waals surface area contributed by atoms with Crippen molar-refractivity contribution in [2.45, 2.75) is 18.7 Å². The number of nitrogens with zero attached hydrogens (tertiary/aromatic N) is 3. The van der Waals surface area contributed by atoms with Crippen molar-refractivity contribution in [3.8, 4) is 17.0 Å². The van der Waals surface area contributed by atoms with E-state index in [1.54, 1.807) is 29.4 Å². The van der Waals surface area contributed by atoms with Crippen LogP contribution in [0.4, 0.5) is 0 Å². The molecule has 9 heteroatoms. The lowest BCUT2D eigenvalue weighted by Gasteiger charge is -2.25. The van der Waals surface area contributed by atoms with Crippen molar-refractivity contribution in [3.63, 3.8) is 0 Å². The number of aryl methyl sites for hydroxylation is 1. The number of thioether (sulfide) groups is 1. The minimum absolute atomic E-state index is 0.194. The van der Waals surface area contributed by atoms with E-state index >= 15 is 0 Å². The molecule has 0 fully saturated rings. The van der Waals surface area contributed by atoms with Crippen LogP contribution in [-0.4, -0.2) is 26.1 Å². The number of aromatic nitrogens is 3. The molecule has 0 spiro atoms. The summed E-state index contributed by atoms with van der Waals surface area (Å²) in [6, 6.07) is 11.3. The predicted molar refractivity (Wildman–Crippen MR) is 127 cm³/mol. The summed E-state index contributed by atoms with van der Waals surface area (Å²) in [6.07, 6.45) is 0. The molecule has 0 aliphatic carbocycles. The molecule has 1 aliphatic rings. The summed E-state index contributed by atoms with van der Waals surface area (Å²) in [6.45, 7) is 3.18. The Morgan fingerprint density at radius 3 is 2.72 bits per heavy atom. The lowest BCUT2D eigenvalue weighted by molar-refractivity contribution is 0.340. The Morgan fingerprint density at radius 2 is 2.00 bits per heavy atom. The van der Waals surface area contributed by atoms with Crippen LogP contribution in [0.15, 0.2) is 50.4 Å². The highest BCUT2D eigenvalue weighted by Crippen LogP contribution is 2.46. The highest BCUT2D eigenvalue weighted by atomic mass is 35.5. The first-order valence-electron chi connectivity index (χ1n) is 10.3. The summed E-state index contributed by atoms with van der Waals surface area (Å²) in [4.78, 5) is 26.3. The molecule has 32 heavy (non-hydrogen) atoms. The molecule has 0 saturated heterocycles. The minimum atomic E-state index is -0.364. The number of rotatable bonds is 4. The lowest BCUT2D eigenvalue weighted by Crippen LogP contribution is -2.37. The van der Waals surface area contributed by atoms with Crippen LogP contribution in [0.25, 0.3) is 22.2 Å². The monoisotopic (exact) mass is 471 g/mol. The average molecular weight is 472 g/mol. The third-order valence-electron chi connectivity index (χ3n) is 5.82. The van der Waals surface area contributed by atoms with Crippen LogP contribution >= 0.6 is 23.4 Å². The molecule has 0 bridgehead atoms. The Bertz CT molecular complexity index is 1460. The zero-order chi connectivity index (χ0) is 22.6. The summed E-state index contributed by atoms with van der Waals surface area (Å²) in [5, 5.41) is 0.631. The van der Waals surface area contributed by atoms with Gasteiger partial charge in [0.25, 0.3) is 5.56 Å². The van der Waals surface area contributed by atoms with Crippen molar-refractivity contribution in [3.05, 3.63) is 73.9 Å². The van der Waals surface area contributed by atoms with Gasteiger partial charge in [-0.3, -0.25) is 13.9 Å². The van der Waals surface area contributed by atoms with Gasteiger partial charge in [-0.1, -0.05) is 12.1 Å². The third kappa shape index (κ3) is 3.12. The molecule has 0 radical (unpaired) electrons. The predicted octanol–water partition coefficient (Wildman–Crippen LogP) is 4.19. The van der Waals surface area contributed by atoms with Crippen LogP contribution in [0.2, 0.25) is 5.22 Å². The molecule has 0 unspecified atom stereocenters. The van der Waals surface area contributed by atoms with E-state index in [9.17, 15) is 9.59 Å². The van der Waals surface area contributed by atoms with Crippen LogP contribution in [0, 0.1) is 0 Å². The normalized spacial score (nSPS) is 15.8. The Balaban J connectivity index is 1.91. The van der Waals surface area contributed by atoms with E-state index in [-0.39, 0.29) is 16.5 Å². The Hall–Kier alpha value is -2.84. The number of fused-ring (bicyclic) bond motifs is 3. The van der Waals surface area contributed by atoms with Gasteiger partial charge >= 0.3 is 5.69 Å². The van der Waals surface area contributed by atoms with E-state index in [1.807, 2.05) is 37.3 Å². The van der Waals surface area contributed by atoms with Gasteiger partial charge in [-0.15, -0.1) is 11.8 Å². The molecule has 1 atom stereocenters. The van der Waals surface area contributed by atoms with Crippen molar-refractivity contribution < 1.29 is 9.15 Å². The van der Waals surface area contributed by atoms with Crippen molar-refractivity contribution in [2.75, 3.05) is 12.4 Å². The van der Waals surface area contributed by atoms with E-state index in [1.165, 1.54) is 7.05 Å². The number of hydrogen-bond acceptors (Lipinski definition) is 5. The lowest BCUT2D eigenvalue weighted by atomic mass is 10.1. The number of hydrogen-bond donors (Lipinski definition) is 0. The molecular formula is C23H22ClN3O4S. The maximum absolute atomic E-state index is 13.4. The molecule has 3 aromatic heterocycles. The number of furan rings is 1. The number of benzene rings is 1. The van der Waals surface area contributed by atoms with Crippen LogP contribution in [0.5, 0.6) is 5.75 Å². The van der Waals surface area contributed by atoms with E-state index in [2.05, 4.69) is 4.57 Å². The summed E-state index contributed by atoms with van der Waals surface area (Å²) in [7, 11) is 3.22. The van der Waals surface area contributed by atoms with Crippen LogP contribution in [0.3, 0.4) is 0 Å². The van der Waals surface area contributed by atoms with Gasteiger partial charge in [0.2, 0.25) is 0 Å².